The van der Waals surface area contributed by atoms with Crippen molar-refractivity contribution in [1.82, 2.24) is 5.32 Å². The van der Waals surface area contributed by atoms with Gasteiger partial charge in [-0.3, -0.25) is 9.59 Å². The Labute approximate surface area is 117 Å². The molecule has 0 saturated heterocycles. The molecule has 0 saturated carbocycles. The Morgan fingerprint density at radius 3 is 2.20 bits per heavy atom. The minimum atomic E-state index is -0.463. The van der Waals surface area contributed by atoms with Crippen LogP contribution in [0.15, 0.2) is 24.3 Å². The van der Waals surface area contributed by atoms with Crippen LogP contribution in [0, 0.1) is 5.82 Å². The standard InChI is InChI=1S/C14H18FNO4/c1-19-13(17)7-11(8-14(18)20-2)16-9-10-5-3-4-6-12(10)15/h3-6,11,16H,7-9H2,1-2H3. The lowest BCUT2D eigenvalue weighted by Crippen LogP contribution is -2.34. The summed E-state index contributed by atoms with van der Waals surface area (Å²) >= 11 is 0. The first-order valence-corrected chi connectivity index (χ1v) is 6.17. The van der Waals surface area contributed by atoms with Gasteiger partial charge in [0.15, 0.2) is 0 Å². The van der Waals surface area contributed by atoms with Crippen LogP contribution in [0.2, 0.25) is 0 Å². The highest BCUT2D eigenvalue weighted by molar-refractivity contribution is 5.73. The fourth-order valence-corrected chi connectivity index (χ4v) is 1.68. The van der Waals surface area contributed by atoms with Crippen LogP contribution in [0.1, 0.15) is 18.4 Å². The average Bonchev–Trinajstić information content (AvgIpc) is 2.45. The molecule has 0 aliphatic heterocycles. The maximum absolute atomic E-state index is 13.5. The van der Waals surface area contributed by atoms with E-state index in [0.29, 0.717) is 5.56 Å². The summed E-state index contributed by atoms with van der Waals surface area (Å²) in [6.45, 7) is 0.214. The van der Waals surface area contributed by atoms with Gasteiger partial charge in [0, 0.05) is 18.2 Å². The van der Waals surface area contributed by atoms with Gasteiger partial charge in [0.25, 0.3) is 0 Å². The number of halogens is 1. The summed E-state index contributed by atoms with van der Waals surface area (Å²) in [6.07, 6.45) is 0.0279. The highest BCUT2D eigenvalue weighted by Crippen LogP contribution is 2.08. The SMILES string of the molecule is COC(=O)CC(CC(=O)OC)NCc1ccccc1F. The zero-order chi connectivity index (χ0) is 15.0. The van der Waals surface area contributed by atoms with Crippen molar-refractivity contribution in [3.05, 3.63) is 35.6 Å². The molecule has 1 N–H and O–H groups in total. The molecule has 0 spiro atoms. The fraction of sp³-hybridized carbons (Fsp3) is 0.429. The second kappa shape index (κ2) is 8.27. The summed E-state index contributed by atoms with van der Waals surface area (Å²) in [7, 11) is 2.54. The number of carbonyl (C=O) groups is 2. The van der Waals surface area contributed by atoms with E-state index in [9.17, 15) is 14.0 Å². The predicted octanol–water partition coefficient (Wildman–Crippen LogP) is 1.41. The van der Waals surface area contributed by atoms with Gasteiger partial charge in [0.2, 0.25) is 0 Å². The Kier molecular flexibility index (Phi) is 6.66. The van der Waals surface area contributed by atoms with E-state index in [-0.39, 0.29) is 25.2 Å². The maximum atomic E-state index is 13.5. The van der Waals surface area contributed by atoms with E-state index in [2.05, 4.69) is 14.8 Å². The molecular formula is C14H18FNO4. The summed E-state index contributed by atoms with van der Waals surface area (Å²) in [5, 5.41) is 2.97. The zero-order valence-electron chi connectivity index (χ0n) is 11.5. The van der Waals surface area contributed by atoms with Crippen LogP contribution in [0.3, 0.4) is 0 Å². The number of hydrogen-bond acceptors (Lipinski definition) is 5. The summed E-state index contributed by atoms with van der Waals surface area (Å²) in [4.78, 5) is 22.6. The van der Waals surface area contributed by atoms with Gasteiger partial charge in [-0.2, -0.15) is 0 Å². The van der Waals surface area contributed by atoms with E-state index in [0.717, 1.165) is 0 Å². The average molecular weight is 283 g/mol. The first-order chi connectivity index (χ1) is 9.56. The number of hydrogen-bond donors (Lipinski definition) is 1. The third-order valence-corrected chi connectivity index (χ3v) is 2.82. The van der Waals surface area contributed by atoms with Crippen LogP contribution in [-0.2, 0) is 25.6 Å². The molecule has 0 bridgehead atoms. The molecule has 0 amide bonds. The van der Waals surface area contributed by atoms with Crippen LogP contribution in [0.4, 0.5) is 4.39 Å². The van der Waals surface area contributed by atoms with E-state index in [1.54, 1.807) is 18.2 Å². The molecule has 0 aliphatic carbocycles. The van der Waals surface area contributed by atoms with Crippen molar-refractivity contribution in [2.75, 3.05) is 14.2 Å². The van der Waals surface area contributed by atoms with Gasteiger partial charge in [-0.25, -0.2) is 4.39 Å². The van der Waals surface area contributed by atoms with Crippen molar-refractivity contribution in [1.29, 1.82) is 0 Å². The summed E-state index contributed by atoms with van der Waals surface area (Å²) in [5.41, 5.74) is 0.465. The Bertz CT molecular complexity index is 446. The minimum absolute atomic E-state index is 0.0139. The summed E-state index contributed by atoms with van der Waals surface area (Å²) < 4.78 is 22.6. The first kappa shape index (κ1) is 16.1. The molecule has 0 heterocycles. The molecule has 1 aromatic carbocycles. The third kappa shape index (κ3) is 5.36. The molecule has 6 heteroatoms. The molecule has 0 unspecified atom stereocenters. The Morgan fingerprint density at radius 2 is 1.70 bits per heavy atom. The lowest BCUT2D eigenvalue weighted by molar-refractivity contribution is -0.143. The van der Waals surface area contributed by atoms with Gasteiger partial charge < -0.3 is 14.8 Å². The molecule has 0 fully saturated rings. The van der Waals surface area contributed by atoms with Crippen molar-refractivity contribution < 1.29 is 23.5 Å². The Hall–Kier alpha value is -1.95. The zero-order valence-corrected chi connectivity index (χ0v) is 11.5. The van der Waals surface area contributed by atoms with E-state index >= 15 is 0 Å². The van der Waals surface area contributed by atoms with Gasteiger partial charge in [-0.05, 0) is 6.07 Å². The topological polar surface area (TPSA) is 64.6 Å². The van der Waals surface area contributed by atoms with Crippen LogP contribution in [0.5, 0.6) is 0 Å². The van der Waals surface area contributed by atoms with Crippen LogP contribution < -0.4 is 5.32 Å². The molecular weight excluding hydrogens is 265 g/mol. The molecule has 0 aromatic heterocycles. The van der Waals surface area contributed by atoms with Crippen molar-refractivity contribution >= 4 is 11.9 Å². The number of benzene rings is 1. The van der Waals surface area contributed by atoms with Crippen molar-refractivity contribution in [2.45, 2.75) is 25.4 Å². The quantitative estimate of drug-likeness (QED) is 0.766. The lowest BCUT2D eigenvalue weighted by atomic mass is 10.1. The maximum Gasteiger partial charge on any atom is 0.307 e. The lowest BCUT2D eigenvalue weighted by Gasteiger charge is -2.16. The third-order valence-electron chi connectivity index (χ3n) is 2.82. The normalized spacial score (nSPS) is 10.4. The molecule has 1 aromatic rings. The fourth-order valence-electron chi connectivity index (χ4n) is 1.68. The number of esters is 2. The van der Waals surface area contributed by atoms with Crippen molar-refractivity contribution in [3.8, 4) is 0 Å². The van der Waals surface area contributed by atoms with Gasteiger partial charge >= 0.3 is 11.9 Å². The minimum Gasteiger partial charge on any atom is -0.469 e. The molecule has 0 radical (unpaired) electrons. The second-order valence-electron chi connectivity index (χ2n) is 4.23. The van der Waals surface area contributed by atoms with Gasteiger partial charge in [0.05, 0.1) is 27.1 Å². The van der Waals surface area contributed by atoms with Gasteiger partial charge in [0.1, 0.15) is 5.82 Å². The predicted molar refractivity (Wildman–Crippen MR) is 70.3 cm³/mol. The van der Waals surface area contributed by atoms with Crippen molar-refractivity contribution in [2.24, 2.45) is 0 Å². The van der Waals surface area contributed by atoms with Gasteiger partial charge in [-0.15, -0.1) is 0 Å². The Balaban J connectivity index is 2.61. The number of rotatable bonds is 7. The van der Waals surface area contributed by atoms with E-state index in [1.807, 2.05) is 0 Å². The van der Waals surface area contributed by atoms with E-state index in [4.69, 9.17) is 0 Å². The van der Waals surface area contributed by atoms with E-state index < -0.39 is 18.0 Å². The second-order valence-corrected chi connectivity index (χ2v) is 4.23. The molecule has 0 aliphatic rings. The smallest absolute Gasteiger partial charge is 0.307 e. The molecule has 1 rings (SSSR count). The van der Waals surface area contributed by atoms with Gasteiger partial charge in [-0.1, -0.05) is 18.2 Å². The van der Waals surface area contributed by atoms with Crippen LogP contribution >= 0.6 is 0 Å². The monoisotopic (exact) mass is 283 g/mol. The van der Waals surface area contributed by atoms with Crippen LogP contribution in [0.25, 0.3) is 0 Å². The number of ether oxygens (including phenoxy) is 2. The molecule has 5 nitrogen and oxygen atoms in total. The largest absolute Gasteiger partial charge is 0.469 e. The molecule has 20 heavy (non-hydrogen) atoms. The highest BCUT2D eigenvalue weighted by atomic mass is 19.1. The first-order valence-electron chi connectivity index (χ1n) is 6.17. The number of carbonyl (C=O) groups excluding carboxylic acids is 2. The number of methoxy groups -OCH3 is 2. The highest BCUT2D eigenvalue weighted by Gasteiger charge is 2.18. The number of nitrogens with one attached hydrogen (secondary N) is 1. The van der Waals surface area contributed by atoms with E-state index in [1.165, 1.54) is 20.3 Å². The van der Waals surface area contributed by atoms with Crippen LogP contribution in [-0.4, -0.2) is 32.2 Å². The molecule has 110 valence electrons. The summed E-state index contributed by atoms with van der Waals surface area (Å²) in [5.74, 6) is -1.23. The van der Waals surface area contributed by atoms with Crippen molar-refractivity contribution in [3.63, 3.8) is 0 Å². The summed E-state index contributed by atoms with van der Waals surface area (Å²) in [6, 6.07) is 5.84. The molecule has 0 atom stereocenters. The Morgan fingerprint density at radius 1 is 1.15 bits per heavy atom.